The maximum absolute atomic E-state index is 13.5. The summed E-state index contributed by atoms with van der Waals surface area (Å²) >= 11 is 7.42. The Morgan fingerprint density at radius 1 is 0.827 bits per heavy atom. The molecule has 0 fully saturated rings. The van der Waals surface area contributed by atoms with Gasteiger partial charge < -0.3 is 20.1 Å². The van der Waals surface area contributed by atoms with Crippen LogP contribution in [0.2, 0.25) is 5.02 Å². The normalized spacial score (nSPS) is 11.1. The Balaban J connectivity index is 1.11. The number of nitrogens with zero attached hydrogens (tertiary/aromatic N) is 2. The number of nitriles is 1. The molecule has 262 valence electrons. The first-order valence-electron chi connectivity index (χ1n) is 16.1. The monoisotopic (exact) mass is 750 g/mol. The minimum Gasteiger partial charge on any atom is -0.486 e. The summed E-state index contributed by atoms with van der Waals surface area (Å²) in [5.41, 5.74) is 2.91. The van der Waals surface area contributed by atoms with Gasteiger partial charge in [0.2, 0.25) is 0 Å². The molecule has 52 heavy (non-hydrogen) atoms. The summed E-state index contributed by atoms with van der Waals surface area (Å²) in [6, 6.07) is 34.2. The molecule has 6 aromatic rings. The van der Waals surface area contributed by atoms with Crippen LogP contribution in [0.5, 0.6) is 11.5 Å². The lowest BCUT2D eigenvalue weighted by atomic mass is 10.1. The molecule has 0 bridgehead atoms. The number of para-hydroxylation sites is 2. The SMILES string of the molecule is N#CCOc1ccc(CCCS(=O)(=O)c2ccc(Cl)cc2)cc1NC(=O)c1cccc(NC(=O)c2ccccc2OCc2nc3ccccc3s2)c1. The van der Waals surface area contributed by atoms with Crippen LogP contribution in [-0.2, 0) is 22.9 Å². The third kappa shape index (κ3) is 9.13. The summed E-state index contributed by atoms with van der Waals surface area (Å²) in [5, 5.41) is 16.0. The number of fused-ring (bicyclic) bond motifs is 1. The molecular weight excluding hydrogens is 720 g/mol. The highest BCUT2D eigenvalue weighted by Crippen LogP contribution is 2.29. The van der Waals surface area contributed by atoms with Gasteiger partial charge in [0.15, 0.2) is 16.4 Å². The molecule has 0 spiro atoms. The Morgan fingerprint density at radius 3 is 2.42 bits per heavy atom. The van der Waals surface area contributed by atoms with Crippen molar-refractivity contribution in [2.75, 3.05) is 23.0 Å². The summed E-state index contributed by atoms with van der Waals surface area (Å²) in [4.78, 5) is 31.6. The zero-order valence-corrected chi connectivity index (χ0v) is 29.9. The maximum atomic E-state index is 13.5. The fourth-order valence-corrected chi connectivity index (χ4v) is 7.64. The number of anilines is 2. The Hall–Kier alpha value is -5.74. The molecule has 1 aromatic heterocycles. The van der Waals surface area contributed by atoms with Crippen molar-refractivity contribution in [2.24, 2.45) is 0 Å². The number of amides is 2. The van der Waals surface area contributed by atoms with Crippen molar-refractivity contribution in [1.82, 2.24) is 4.98 Å². The van der Waals surface area contributed by atoms with Crippen LogP contribution in [0.3, 0.4) is 0 Å². The van der Waals surface area contributed by atoms with Gasteiger partial charge in [0.25, 0.3) is 11.8 Å². The van der Waals surface area contributed by atoms with E-state index >= 15 is 0 Å². The summed E-state index contributed by atoms with van der Waals surface area (Å²) < 4.78 is 38.2. The Labute approximate surface area is 309 Å². The minimum atomic E-state index is -3.51. The minimum absolute atomic E-state index is 0.0821. The number of nitrogens with one attached hydrogen (secondary N) is 2. The van der Waals surface area contributed by atoms with Gasteiger partial charge in [0.1, 0.15) is 29.2 Å². The number of carbonyl (C=O) groups excluding carboxylic acids is 2. The van der Waals surface area contributed by atoms with E-state index in [9.17, 15) is 18.0 Å². The zero-order valence-electron chi connectivity index (χ0n) is 27.5. The second-order valence-electron chi connectivity index (χ2n) is 11.5. The number of aromatic nitrogens is 1. The number of rotatable bonds is 14. The Bertz CT molecular complexity index is 2360. The number of sulfone groups is 1. The van der Waals surface area contributed by atoms with Crippen molar-refractivity contribution in [2.45, 2.75) is 24.3 Å². The molecule has 0 aliphatic heterocycles. The first kappa shape index (κ1) is 36.1. The molecule has 0 aliphatic rings. The van der Waals surface area contributed by atoms with Crippen molar-refractivity contribution in [3.8, 4) is 17.6 Å². The molecule has 2 amide bonds. The van der Waals surface area contributed by atoms with Gasteiger partial charge in [-0.3, -0.25) is 9.59 Å². The Morgan fingerprint density at radius 2 is 1.62 bits per heavy atom. The fraction of sp³-hybridized carbons (Fsp3) is 0.128. The van der Waals surface area contributed by atoms with Crippen molar-refractivity contribution in [1.29, 1.82) is 5.26 Å². The van der Waals surface area contributed by atoms with Crippen LogP contribution < -0.4 is 20.1 Å². The van der Waals surface area contributed by atoms with E-state index in [0.717, 1.165) is 20.8 Å². The largest absolute Gasteiger partial charge is 0.486 e. The van der Waals surface area contributed by atoms with Gasteiger partial charge in [-0.1, -0.05) is 48.0 Å². The van der Waals surface area contributed by atoms with Gasteiger partial charge in [-0.05, 0) is 97.3 Å². The third-order valence-corrected chi connectivity index (χ3v) is 10.9. The molecule has 2 N–H and O–H groups in total. The third-order valence-electron chi connectivity index (χ3n) is 7.84. The number of hydrogen-bond acceptors (Lipinski definition) is 9. The highest BCUT2D eigenvalue weighted by Gasteiger charge is 2.17. The van der Waals surface area contributed by atoms with Gasteiger partial charge in [0.05, 0.1) is 32.1 Å². The molecule has 10 nitrogen and oxygen atoms in total. The summed E-state index contributed by atoms with van der Waals surface area (Å²) in [6.07, 6.45) is 0.732. The van der Waals surface area contributed by atoms with E-state index in [-0.39, 0.29) is 35.2 Å². The predicted molar refractivity (Wildman–Crippen MR) is 202 cm³/mol. The first-order valence-corrected chi connectivity index (χ1v) is 18.9. The number of aryl methyl sites for hydroxylation is 1. The molecule has 1 heterocycles. The van der Waals surface area contributed by atoms with Crippen LogP contribution in [0.15, 0.2) is 120 Å². The summed E-state index contributed by atoms with van der Waals surface area (Å²) in [6.45, 7) is -0.0437. The highest BCUT2D eigenvalue weighted by atomic mass is 35.5. The fourth-order valence-electron chi connectivity index (χ4n) is 5.32. The van der Waals surface area contributed by atoms with E-state index in [1.54, 1.807) is 66.7 Å². The van der Waals surface area contributed by atoms with Crippen molar-refractivity contribution in [3.63, 3.8) is 0 Å². The van der Waals surface area contributed by atoms with Gasteiger partial charge >= 0.3 is 0 Å². The quantitative estimate of drug-likeness (QED) is 0.113. The average molecular weight is 751 g/mol. The standard InChI is InChI=1S/C39H31ClN4O6S2/c40-28-15-17-30(18-16-28)52(47,48)22-6-7-26-14-19-35(49-21-20-41)33(23-26)44-38(45)27-8-5-9-29(24-27)42-39(46)31-10-1-3-12-34(31)50-25-37-43-32-11-2-4-13-36(32)51-37/h1-5,8-19,23-24H,6-7,21-22,25H2,(H,42,46)(H,44,45). The number of thiazole rings is 1. The molecule has 0 saturated carbocycles. The van der Waals surface area contributed by atoms with E-state index in [1.807, 2.05) is 30.3 Å². The van der Waals surface area contributed by atoms with Gasteiger partial charge in [-0.15, -0.1) is 11.3 Å². The number of benzene rings is 5. The van der Waals surface area contributed by atoms with Crippen LogP contribution in [-0.4, -0.2) is 37.6 Å². The molecule has 0 saturated heterocycles. The van der Waals surface area contributed by atoms with Gasteiger partial charge in [-0.25, -0.2) is 13.4 Å². The average Bonchev–Trinajstić information content (AvgIpc) is 3.57. The van der Waals surface area contributed by atoms with Crippen molar-refractivity contribution < 1.29 is 27.5 Å². The van der Waals surface area contributed by atoms with E-state index in [2.05, 4.69) is 15.6 Å². The molecule has 6 rings (SSSR count). The molecule has 5 aromatic carbocycles. The van der Waals surface area contributed by atoms with Gasteiger partial charge in [-0.2, -0.15) is 5.26 Å². The summed E-state index contributed by atoms with van der Waals surface area (Å²) in [5.74, 6) is -0.323. The lowest BCUT2D eigenvalue weighted by Crippen LogP contribution is -2.16. The van der Waals surface area contributed by atoms with E-state index < -0.39 is 21.7 Å². The molecule has 0 unspecified atom stereocenters. The van der Waals surface area contributed by atoms with Gasteiger partial charge in [0, 0.05) is 16.3 Å². The predicted octanol–water partition coefficient (Wildman–Crippen LogP) is 8.34. The molecular formula is C39H31ClN4O6S2. The number of carbonyl (C=O) groups is 2. The highest BCUT2D eigenvalue weighted by molar-refractivity contribution is 7.91. The number of hydrogen-bond donors (Lipinski definition) is 2. The van der Waals surface area contributed by atoms with Crippen molar-refractivity contribution >= 4 is 66.2 Å². The zero-order chi connectivity index (χ0) is 36.5. The second-order valence-corrected chi connectivity index (χ2v) is 15.2. The lowest BCUT2D eigenvalue weighted by Gasteiger charge is -2.14. The van der Waals surface area contributed by atoms with Crippen LogP contribution in [0.1, 0.15) is 37.7 Å². The second kappa shape index (κ2) is 16.5. The molecule has 0 aliphatic carbocycles. The maximum Gasteiger partial charge on any atom is 0.259 e. The first-order chi connectivity index (χ1) is 25.2. The van der Waals surface area contributed by atoms with Crippen molar-refractivity contribution in [3.05, 3.63) is 142 Å². The van der Waals surface area contributed by atoms with Crippen LogP contribution in [0.4, 0.5) is 11.4 Å². The topological polar surface area (TPSA) is 147 Å². The van der Waals surface area contributed by atoms with E-state index in [1.165, 1.54) is 35.6 Å². The van der Waals surface area contributed by atoms with Crippen LogP contribution in [0.25, 0.3) is 10.2 Å². The van der Waals surface area contributed by atoms with E-state index in [4.69, 9.17) is 26.3 Å². The van der Waals surface area contributed by atoms with Crippen LogP contribution in [0, 0.1) is 11.3 Å². The number of ether oxygens (including phenoxy) is 2. The molecule has 0 radical (unpaired) electrons. The van der Waals surface area contributed by atoms with E-state index in [0.29, 0.717) is 40.6 Å². The molecule has 13 heteroatoms. The lowest BCUT2D eigenvalue weighted by molar-refractivity contribution is 0.101. The Kier molecular flexibility index (Phi) is 11.5. The molecule has 0 atom stereocenters. The smallest absolute Gasteiger partial charge is 0.259 e. The van der Waals surface area contributed by atoms with Crippen LogP contribution >= 0.6 is 22.9 Å². The number of halogens is 1. The summed E-state index contributed by atoms with van der Waals surface area (Å²) in [7, 11) is -3.51.